The normalized spacial score (nSPS) is 18.3. The number of nitrogens with zero attached hydrogens (tertiary/aromatic N) is 4. The van der Waals surface area contributed by atoms with Crippen LogP contribution in [0, 0.1) is 12.8 Å². The van der Waals surface area contributed by atoms with Gasteiger partial charge in [0.15, 0.2) is 11.5 Å². The maximum atomic E-state index is 13.6. The molecule has 2 aliphatic heterocycles. The number of hydrogen-bond acceptors (Lipinski definition) is 8. The minimum atomic E-state index is -0.521. The Morgan fingerprint density at radius 2 is 1.97 bits per heavy atom. The highest BCUT2D eigenvalue weighted by atomic mass is 16.5. The molecule has 2 aliphatic rings. The first-order valence-electron chi connectivity index (χ1n) is 12.3. The molecule has 2 aromatic rings. The Labute approximate surface area is 207 Å². The largest absolute Gasteiger partial charge is 0.490 e. The number of hydrogen-bond donors (Lipinski definition) is 0. The fourth-order valence-corrected chi connectivity index (χ4v) is 4.40. The molecular weight excluding hydrogens is 448 g/mol. The summed E-state index contributed by atoms with van der Waals surface area (Å²) in [4.78, 5) is 26.4. The number of aromatic nitrogens is 2. The van der Waals surface area contributed by atoms with E-state index < -0.39 is 6.10 Å². The van der Waals surface area contributed by atoms with E-state index in [1.807, 2.05) is 36.1 Å². The zero-order chi connectivity index (χ0) is 24.8. The summed E-state index contributed by atoms with van der Waals surface area (Å²) in [5, 5.41) is 0. The van der Waals surface area contributed by atoms with Crippen LogP contribution in [0.4, 0.5) is 0 Å². The quantitative estimate of drug-likeness (QED) is 0.566. The second-order valence-electron chi connectivity index (χ2n) is 9.53. The summed E-state index contributed by atoms with van der Waals surface area (Å²) in [5.41, 5.74) is 2.74. The van der Waals surface area contributed by atoms with Crippen molar-refractivity contribution in [3.63, 3.8) is 0 Å². The van der Waals surface area contributed by atoms with E-state index in [1.54, 1.807) is 7.11 Å². The lowest BCUT2D eigenvalue weighted by Crippen LogP contribution is -2.51. The summed E-state index contributed by atoms with van der Waals surface area (Å²) < 4.78 is 22.8. The molecule has 3 heterocycles. The molecule has 190 valence electrons. The lowest BCUT2D eigenvalue weighted by Gasteiger charge is -2.35. The smallest absolute Gasteiger partial charge is 0.316 e. The maximum absolute atomic E-state index is 13.6. The Balaban J connectivity index is 1.44. The van der Waals surface area contributed by atoms with Crippen LogP contribution in [-0.4, -0.2) is 78.3 Å². The topological polar surface area (TPSA) is 86.3 Å². The zero-order valence-corrected chi connectivity index (χ0v) is 21.2. The number of methoxy groups -OCH3 is 1. The van der Waals surface area contributed by atoms with E-state index in [9.17, 15) is 4.79 Å². The van der Waals surface area contributed by atoms with E-state index in [-0.39, 0.29) is 5.91 Å². The van der Waals surface area contributed by atoms with E-state index in [1.165, 1.54) is 0 Å². The van der Waals surface area contributed by atoms with Crippen LogP contribution < -0.4 is 14.2 Å². The van der Waals surface area contributed by atoms with Gasteiger partial charge in [0.2, 0.25) is 0 Å². The van der Waals surface area contributed by atoms with Crippen molar-refractivity contribution in [1.82, 2.24) is 19.8 Å². The molecule has 1 aromatic heterocycles. The van der Waals surface area contributed by atoms with Crippen molar-refractivity contribution >= 4 is 5.91 Å². The molecule has 0 saturated carbocycles. The molecule has 0 radical (unpaired) electrons. The summed E-state index contributed by atoms with van der Waals surface area (Å²) in [6.45, 7) is 10.9. The molecule has 4 rings (SSSR count). The third kappa shape index (κ3) is 6.82. The fourth-order valence-electron chi connectivity index (χ4n) is 4.40. The van der Waals surface area contributed by atoms with Gasteiger partial charge in [-0.05, 0) is 36.6 Å². The minimum Gasteiger partial charge on any atom is -0.490 e. The van der Waals surface area contributed by atoms with E-state index in [4.69, 9.17) is 18.9 Å². The van der Waals surface area contributed by atoms with E-state index in [0.717, 1.165) is 41.4 Å². The van der Waals surface area contributed by atoms with Gasteiger partial charge in [0.05, 0.1) is 32.6 Å². The van der Waals surface area contributed by atoms with Gasteiger partial charge < -0.3 is 23.8 Å². The third-order valence-electron chi connectivity index (χ3n) is 5.96. The monoisotopic (exact) mass is 484 g/mol. The molecule has 1 unspecified atom stereocenters. The van der Waals surface area contributed by atoms with Crippen LogP contribution in [0.2, 0.25) is 0 Å². The van der Waals surface area contributed by atoms with Gasteiger partial charge in [0, 0.05) is 44.8 Å². The predicted octanol–water partition coefficient (Wildman–Crippen LogP) is 2.84. The van der Waals surface area contributed by atoms with Crippen LogP contribution in [0.15, 0.2) is 24.3 Å². The van der Waals surface area contributed by atoms with Crippen molar-refractivity contribution in [2.75, 3.05) is 46.6 Å². The molecule has 1 atom stereocenters. The van der Waals surface area contributed by atoms with Crippen LogP contribution in [0.1, 0.15) is 37.2 Å². The first-order valence-corrected chi connectivity index (χ1v) is 12.3. The summed E-state index contributed by atoms with van der Waals surface area (Å²) in [7, 11) is 1.56. The van der Waals surface area contributed by atoms with E-state index in [2.05, 4.69) is 28.7 Å². The number of fused-ring (bicyclic) bond motifs is 1. The molecular formula is C26H36N4O5. The minimum absolute atomic E-state index is 0.00644. The second kappa shape index (κ2) is 11.7. The van der Waals surface area contributed by atoms with E-state index in [0.29, 0.717) is 57.9 Å². The second-order valence-corrected chi connectivity index (χ2v) is 9.53. The number of ether oxygens (including phenoxy) is 4. The van der Waals surface area contributed by atoms with Crippen molar-refractivity contribution < 1.29 is 23.7 Å². The van der Waals surface area contributed by atoms with Crippen LogP contribution in [0.25, 0.3) is 0 Å². The van der Waals surface area contributed by atoms with Gasteiger partial charge in [0.1, 0.15) is 6.10 Å². The molecule has 1 saturated heterocycles. The van der Waals surface area contributed by atoms with Crippen LogP contribution >= 0.6 is 0 Å². The number of morpholine rings is 1. The molecule has 1 fully saturated rings. The lowest BCUT2D eigenvalue weighted by molar-refractivity contribution is -0.151. The molecule has 9 heteroatoms. The first kappa shape index (κ1) is 25.2. The van der Waals surface area contributed by atoms with Crippen molar-refractivity contribution in [2.24, 2.45) is 5.92 Å². The number of carbonyl (C=O) groups is 1. The summed E-state index contributed by atoms with van der Waals surface area (Å²) >= 11 is 0. The van der Waals surface area contributed by atoms with Gasteiger partial charge in [-0.1, -0.05) is 19.9 Å². The molecule has 35 heavy (non-hydrogen) atoms. The Morgan fingerprint density at radius 3 is 2.74 bits per heavy atom. The Morgan fingerprint density at radius 1 is 1.17 bits per heavy atom. The summed E-state index contributed by atoms with van der Waals surface area (Å²) in [5.74, 6) is 1.84. The maximum Gasteiger partial charge on any atom is 0.316 e. The average Bonchev–Trinajstić information content (AvgIpc) is 3.08. The van der Waals surface area contributed by atoms with Crippen LogP contribution in [-0.2, 0) is 22.6 Å². The van der Waals surface area contributed by atoms with Crippen molar-refractivity contribution in [1.29, 1.82) is 0 Å². The van der Waals surface area contributed by atoms with Gasteiger partial charge in [-0.25, -0.2) is 4.98 Å². The number of carbonyl (C=O) groups excluding carboxylic acids is 1. The van der Waals surface area contributed by atoms with Crippen molar-refractivity contribution in [3.05, 3.63) is 41.2 Å². The van der Waals surface area contributed by atoms with Crippen LogP contribution in [0.5, 0.6) is 17.5 Å². The van der Waals surface area contributed by atoms with Gasteiger partial charge >= 0.3 is 6.01 Å². The fraction of sp³-hybridized carbons (Fsp3) is 0.577. The van der Waals surface area contributed by atoms with E-state index >= 15 is 0 Å². The van der Waals surface area contributed by atoms with Crippen molar-refractivity contribution in [3.8, 4) is 17.5 Å². The number of benzene rings is 1. The molecule has 0 spiro atoms. The SMILES string of the molecule is COc1nc(C)cc(CN2CCOC(C(=O)N(Cc3ccc4c(c3)OCCCO4)CC(C)C)C2)n1. The highest BCUT2D eigenvalue weighted by Crippen LogP contribution is 2.31. The summed E-state index contributed by atoms with van der Waals surface area (Å²) in [6, 6.07) is 8.24. The van der Waals surface area contributed by atoms with Gasteiger partial charge in [-0.2, -0.15) is 4.98 Å². The molecule has 1 aromatic carbocycles. The Kier molecular flexibility index (Phi) is 8.41. The molecule has 9 nitrogen and oxygen atoms in total. The summed E-state index contributed by atoms with van der Waals surface area (Å²) in [6.07, 6.45) is 0.339. The Hall–Kier alpha value is -2.91. The molecule has 1 amide bonds. The highest BCUT2D eigenvalue weighted by molar-refractivity contribution is 5.81. The van der Waals surface area contributed by atoms with Crippen LogP contribution in [0.3, 0.4) is 0 Å². The zero-order valence-electron chi connectivity index (χ0n) is 21.2. The number of rotatable bonds is 8. The highest BCUT2D eigenvalue weighted by Gasteiger charge is 2.31. The van der Waals surface area contributed by atoms with Crippen molar-refractivity contribution in [2.45, 2.75) is 46.4 Å². The molecule has 0 N–H and O–H groups in total. The van der Waals surface area contributed by atoms with Gasteiger partial charge in [-0.3, -0.25) is 9.69 Å². The van der Waals surface area contributed by atoms with Gasteiger partial charge in [-0.15, -0.1) is 0 Å². The first-order chi connectivity index (χ1) is 16.9. The Bertz CT molecular complexity index is 1020. The lowest BCUT2D eigenvalue weighted by atomic mass is 10.1. The molecule has 0 bridgehead atoms. The van der Waals surface area contributed by atoms with Gasteiger partial charge in [0.25, 0.3) is 5.91 Å². The predicted molar refractivity (Wildman–Crippen MR) is 131 cm³/mol. The number of amides is 1. The standard InChI is InChI=1S/C26H36N4O5/c1-18(2)14-30(15-20-6-7-22-23(13-20)34-10-5-9-33-22)25(31)24-17-29(8-11-35-24)16-21-12-19(3)27-26(28-21)32-4/h6-7,12-13,18,24H,5,8-11,14-17H2,1-4H3. The average molecular weight is 485 g/mol. The molecule has 0 aliphatic carbocycles. The number of aryl methyl sites for hydroxylation is 1. The third-order valence-corrected chi connectivity index (χ3v) is 5.96.